The third-order valence-electron chi connectivity index (χ3n) is 4.98. The average molecular weight is 305 g/mol. The number of methoxy groups -OCH3 is 2. The molecule has 1 aromatic rings. The van der Waals surface area contributed by atoms with Gasteiger partial charge in [0.05, 0.1) is 20.3 Å². The van der Waals surface area contributed by atoms with Crippen LogP contribution in [0.3, 0.4) is 0 Å². The van der Waals surface area contributed by atoms with E-state index >= 15 is 0 Å². The van der Waals surface area contributed by atoms with Gasteiger partial charge in [-0.15, -0.1) is 0 Å². The van der Waals surface area contributed by atoms with Gasteiger partial charge in [-0.3, -0.25) is 4.90 Å². The van der Waals surface area contributed by atoms with E-state index in [0.717, 1.165) is 57.3 Å². The van der Waals surface area contributed by atoms with Crippen molar-refractivity contribution in [2.45, 2.75) is 19.5 Å². The van der Waals surface area contributed by atoms with Crippen LogP contribution in [0.25, 0.3) is 0 Å². The molecule has 1 N–H and O–H groups in total. The first-order valence-corrected chi connectivity index (χ1v) is 8.19. The van der Waals surface area contributed by atoms with E-state index in [1.54, 1.807) is 14.2 Å². The van der Waals surface area contributed by atoms with Gasteiger partial charge >= 0.3 is 0 Å². The zero-order chi connectivity index (χ0) is 15.5. The van der Waals surface area contributed by atoms with E-state index in [0.29, 0.717) is 6.04 Å². The Morgan fingerprint density at radius 3 is 2.41 bits per heavy atom. The number of likely N-dealkylation sites (N-methyl/N-ethyl adjacent to an activating group) is 1. The van der Waals surface area contributed by atoms with Gasteiger partial charge in [-0.05, 0) is 18.7 Å². The molecular formula is C17H27N3O2. The number of nitrogens with zero attached hydrogens (tertiary/aromatic N) is 2. The molecule has 1 atom stereocenters. The smallest absolute Gasteiger partial charge is 0.124 e. The number of ether oxygens (including phenoxy) is 2. The monoisotopic (exact) mass is 305 g/mol. The summed E-state index contributed by atoms with van der Waals surface area (Å²) < 4.78 is 11.2. The molecule has 5 heteroatoms. The van der Waals surface area contributed by atoms with Crippen molar-refractivity contribution < 1.29 is 9.47 Å². The third kappa shape index (κ3) is 2.81. The Morgan fingerprint density at radius 1 is 1.09 bits per heavy atom. The summed E-state index contributed by atoms with van der Waals surface area (Å²) >= 11 is 0. The number of benzene rings is 1. The van der Waals surface area contributed by atoms with Crippen LogP contribution in [0.4, 0.5) is 0 Å². The van der Waals surface area contributed by atoms with E-state index in [4.69, 9.17) is 9.47 Å². The van der Waals surface area contributed by atoms with Crippen molar-refractivity contribution in [3.63, 3.8) is 0 Å². The van der Waals surface area contributed by atoms with Crippen molar-refractivity contribution in [1.29, 1.82) is 0 Å². The highest BCUT2D eigenvalue weighted by atomic mass is 16.5. The minimum Gasteiger partial charge on any atom is -0.496 e. The predicted octanol–water partition coefficient (Wildman–Crippen LogP) is 1.49. The molecule has 1 aromatic carbocycles. The molecule has 0 amide bonds. The maximum Gasteiger partial charge on any atom is 0.124 e. The number of rotatable bonds is 4. The van der Waals surface area contributed by atoms with Crippen LogP contribution in [0.5, 0.6) is 11.5 Å². The third-order valence-corrected chi connectivity index (χ3v) is 4.98. The highest BCUT2D eigenvalue weighted by Gasteiger charge is 2.32. The molecule has 0 aromatic heterocycles. The fourth-order valence-electron chi connectivity index (χ4n) is 3.68. The molecule has 0 spiro atoms. The van der Waals surface area contributed by atoms with Crippen LogP contribution in [0.15, 0.2) is 12.1 Å². The maximum absolute atomic E-state index is 5.66. The summed E-state index contributed by atoms with van der Waals surface area (Å²) in [5, 5.41) is 3.55. The van der Waals surface area contributed by atoms with Crippen LogP contribution in [0.1, 0.15) is 24.1 Å². The molecule has 3 rings (SSSR count). The van der Waals surface area contributed by atoms with Gasteiger partial charge in [-0.25, -0.2) is 0 Å². The van der Waals surface area contributed by atoms with Gasteiger partial charge < -0.3 is 19.7 Å². The summed E-state index contributed by atoms with van der Waals surface area (Å²) in [4.78, 5) is 5.09. The minimum atomic E-state index is 0.368. The van der Waals surface area contributed by atoms with E-state index in [1.807, 2.05) is 12.1 Å². The Labute approximate surface area is 133 Å². The summed E-state index contributed by atoms with van der Waals surface area (Å²) in [5.41, 5.74) is 2.56. The van der Waals surface area contributed by atoms with Gasteiger partial charge in [-0.2, -0.15) is 0 Å². The van der Waals surface area contributed by atoms with Gasteiger partial charge in [0, 0.05) is 50.4 Å². The molecule has 5 nitrogen and oxygen atoms in total. The molecule has 0 saturated carbocycles. The lowest BCUT2D eigenvalue weighted by molar-refractivity contribution is 0.0933. The first kappa shape index (κ1) is 15.6. The minimum absolute atomic E-state index is 0.368. The zero-order valence-corrected chi connectivity index (χ0v) is 13.9. The predicted molar refractivity (Wildman–Crippen MR) is 87.7 cm³/mol. The van der Waals surface area contributed by atoms with Gasteiger partial charge in [0.15, 0.2) is 0 Å². The molecule has 0 aliphatic carbocycles. The largest absolute Gasteiger partial charge is 0.496 e. The van der Waals surface area contributed by atoms with Crippen LogP contribution < -0.4 is 14.8 Å². The summed E-state index contributed by atoms with van der Waals surface area (Å²) in [6, 6.07) is 4.42. The highest BCUT2D eigenvalue weighted by Crippen LogP contribution is 2.39. The van der Waals surface area contributed by atoms with Gasteiger partial charge in [0.2, 0.25) is 0 Å². The zero-order valence-electron chi connectivity index (χ0n) is 13.9. The highest BCUT2D eigenvalue weighted by molar-refractivity contribution is 5.51. The lowest BCUT2D eigenvalue weighted by Gasteiger charge is -2.42. The topological polar surface area (TPSA) is 37.0 Å². The molecule has 2 aliphatic rings. The summed E-state index contributed by atoms with van der Waals surface area (Å²) in [7, 11) is 3.50. The van der Waals surface area contributed by atoms with Crippen molar-refractivity contribution in [2.24, 2.45) is 0 Å². The second-order valence-corrected chi connectivity index (χ2v) is 5.98. The quantitative estimate of drug-likeness (QED) is 0.912. The van der Waals surface area contributed by atoms with Crippen LogP contribution >= 0.6 is 0 Å². The second kappa shape index (κ2) is 6.86. The first-order valence-electron chi connectivity index (χ1n) is 8.19. The number of hydrogen-bond acceptors (Lipinski definition) is 5. The van der Waals surface area contributed by atoms with E-state index in [9.17, 15) is 0 Å². The number of nitrogens with one attached hydrogen (secondary N) is 1. The molecular weight excluding hydrogens is 278 g/mol. The molecule has 0 unspecified atom stereocenters. The summed E-state index contributed by atoms with van der Waals surface area (Å²) in [6.45, 7) is 9.72. The Kier molecular flexibility index (Phi) is 4.86. The van der Waals surface area contributed by atoms with Crippen molar-refractivity contribution >= 4 is 0 Å². The summed E-state index contributed by atoms with van der Waals surface area (Å²) in [6.07, 6.45) is 0. The molecule has 2 aliphatic heterocycles. The maximum atomic E-state index is 5.66. The van der Waals surface area contributed by atoms with Crippen LogP contribution in [-0.2, 0) is 6.54 Å². The number of hydrogen-bond donors (Lipinski definition) is 1. The standard InChI is InChI=1S/C17H27N3O2/c1-4-19-7-9-20(10-8-19)14-12-18-11-13-15(21-2)5-6-16(22-3)17(13)14/h5-6,14,18H,4,7-12H2,1-3H3/t14-/m1/s1. The van der Waals surface area contributed by atoms with Crippen LogP contribution in [0, 0.1) is 0 Å². The Morgan fingerprint density at radius 2 is 1.77 bits per heavy atom. The van der Waals surface area contributed by atoms with E-state index in [2.05, 4.69) is 22.0 Å². The first-order chi connectivity index (χ1) is 10.8. The molecule has 1 saturated heterocycles. The Balaban J connectivity index is 1.90. The van der Waals surface area contributed by atoms with Crippen molar-refractivity contribution in [1.82, 2.24) is 15.1 Å². The van der Waals surface area contributed by atoms with Crippen LogP contribution in [0.2, 0.25) is 0 Å². The Bertz CT molecular complexity index is 513. The van der Waals surface area contributed by atoms with Crippen molar-refractivity contribution in [2.75, 3.05) is 53.5 Å². The lowest BCUT2D eigenvalue weighted by Crippen LogP contribution is -2.50. The van der Waals surface area contributed by atoms with Gasteiger partial charge in [-0.1, -0.05) is 6.92 Å². The number of fused-ring (bicyclic) bond motifs is 1. The Hall–Kier alpha value is -1.30. The van der Waals surface area contributed by atoms with Gasteiger partial charge in [0.1, 0.15) is 11.5 Å². The molecule has 0 bridgehead atoms. The summed E-state index contributed by atoms with van der Waals surface area (Å²) in [5.74, 6) is 1.94. The lowest BCUT2D eigenvalue weighted by atomic mass is 9.93. The van der Waals surface area contributed by atoms with Crippen LogP contribution in [-0.4, -0.2) is 63.3 Å². The average Bonchev–Trinajstić information content (AvgIpc) is 2.60. The second-order valence-electron chi connectivity index (χ2n) is 5.98. The molecule has 2 heterocycles. The normalized spacial score (nSPS) is 23.1. The molecule has 1 fully saturated rings. The van der Waals surface area contributed by atoms with Gasteiger partial charge in [0.25, 0.3) is 0 Å². The van der Waals surface area contributed by atoms with Crippen molar-refractivity contribution in [3.8, 4) is 11.5 Å². The van der Waals surface area contributed by atoms with E-state index in [1.165, 1.54) is 11.1 Å². The van der Waals surface area contributed by atoms with E-state index in [-0.39, 0.29) is 0 Å². The molecule has 122 valence electrons. The SMILES string of the molecule is CCN1CCN([C@@H]2CNCc3c(OC)ccc(OC)c32)CC1. The van der Waals surface area contributed by atoms with Crippen molar-refractivity contribution in [3.05, 3.63) is 23.3 Å². The fraction of sp³-hybridized carbons (Fsp3) is 0.647. The fourth-order valence-corrected chi connectivity index (χ4v) is 3.68. The molecule has 0 radical (unpaired) electrons. The van der Waals surface area contributed by atoms with E-state index < -0.39 is 0 Å². The molecule has 22 heavy (non-hydrogen) atoms. The number of piperazine rings is 1.